The molecule has 0 amide bonds. The molecule has 0 saturated carbocycles. The van der Waals surface area contributed by atoms with Crippen LogP contribution in [0.2, 0.25) is 0 Å². The zero-order chi connectivity index (χ0) is 14.9. The molecule has 0 saturated heterocycles. The van der Waals surface area contributed by atoms with E-state index in [-0.39, 0.29) is 10.8 Å². The van der Waals surface area contributed by atoms with Crippen LogP contribution in [-0.2, 0) is 14.8 Å². The van der Waals surface area contributed by atoms with Gasteiger partial charge in [0.15, 0.2) is 0 Å². The smallest absolute Gasteiger partial charge is 0.322 e. The first-order valence-electron chi connectivity index (χ1n) is 6.04. The van der Waals surface area contributed by atoms with Gasteiger partial charge in [-0.2, -0.15) is 4.72 Å². The van der Waals surface area contributed by atoms with Crippen molar-refractivity contribution in [3.63, 3.8) is 0 Å². The van der Waals surface area contributed by atoms with E-state index in [0.717, 1.165) is 4.70 Å². The largest absolute Gasteiger partial charge is 0.480 e. The van der Waals surface area contributed by atoms with E-state index in [0.29, 0.717) is 5.39 Å². The molecule has 0 radical (unpaired) electrons. The molecule has 0 aliphatic heterocycles. The van der Waals surface area contributed by atoms with Gasteiger partial charge in [0.2, 0.25) is 10.0 Å². The van der Waals surface area contributed by atoms with Crippen LogP contribution in [-0.4, -0.2) is 25.5 Å². The van der Waals surface area contributed by atoms with Gasteiger partial charge in [0.1, 0.15) is 10.9 Å². The van der Waals surface area contributed by atoms with E-state index >= 15 is 0 Å². The van der Waals surface area contributed by atoms with E-state index in [1.165, 1.54) is 16.7 Å². The van der Waals surface area contributed by atoms with Gasteiger partial charge in [-0.25, -0.2) is 8.42 Å². The van der Waals surface area contributed by atoms with Crippen LogP contribution in [0.3, 0.4) is 0 Å². The van der Waals surface area contributed by atoms with Crippen molar-refractivity contribution in [2.45, 2.75) is 24.8 Å². The Hall–Kier alpha value is -1.44. The van der Waals surface area contributed by atoms with Gasteiger partial charge in [0.25, 0.3) is 0 Å². The Morgan fingerprint density at radius 2 is 1.95 bits per heavy atom. The van der Waals surface area contributed by atoms with Crippen LogP contribution in [0.15, 0.2) is 34.5 Å². The van der Waals surface area contributed by atoms with Crippen LogP contribution in [0.25, 0.3) is 10.1 Å². The molecule has 0 fully saturated rings. The van der Waals surface area contributed by atoms with Crippen LogP contribution in [0, 0.1) is 5.92 Å². The lowest BCUT2D eigenvalue weighted by atomic mass is 10.1. The number of nitrogens with one attached hydrogen (secondary N) is 1. The average molecular weight is 313 g/mol. The minimum Gasteiger partial charge on any atom is -0.480 e. The first kappa shape index (κ1) is 15.0. The van der Waals surface area contributed by atoms with Gasteiger partial charge in [0, 0.05) is 15.5 Å². The highest BCUT2D eigenvalue weighted by molar-refractivity contribution is 7.90. The Bertz CT molecular complexity index is 734. The molecule has 2 rings (SSSR count). The second-order valence-corrected chi connectivity index (χ2v) is 7.37. The fourth-order valence-corrected chi connectivity index (χ4v) is 4.70. The number of hydrogen-bond donors (Lipinski definition) is 2. The van der Waals surface area contributed by atoms with Crippen molar-refractivity contribution in [2.24, 2.45) is 5.92 Å². The van der Waals surface area contributed by atoms with Crippen molar-refractivity contribution in [1.82, 2.24) is 4.72 Å². The quantitative estimate of drug-likeness (QED) is 0.887. The van der Waals surface area contributed by atoms with Crippen molar-refractivity contribution in [3.05, 3.63) is 29.6 Å². The third-order valence-corrected chi connectivity index (χ3v) is 5.54. The highest BCUT2D eigenvalue weighted by atomic mass is 32.2. The van der Waals surface area contributed by atoms with Gasteiger partial charge < -0.3 is 5.11 Å². The normalized spacial score (nSPS) is 13.8. The molecule has 0 bridgehead atoms. The molecular formula is C13H15NO4S2. The minimum atomic E-state index is -3.85. The molecule has 2 N–H and O–H groups in total. The number of sulfonamides is 1. The third-order valence-electron chi connectivity index (χ3n) is 2.95. The lowest BCUT2D eigenvalue weighted by Crippen LogP contribution is -2.44. The summed E-state index contributed by atoms with van der Waals surface area (Å²) in [6.07, 6.45) is 0. The zero-order valence-electron chi connectivity index (χ0n) is 11.0. The summed E-state index contributed by atoms with van der Waals surface area (Å²) >= 11 is 1.32. The van der Waals surface area contributed by atoms with Gasteiger partial charge in [-0.15, -0.1) is 11.3 Å². The van der Waals surface area contributed by atoms with Crippen LogP contribution in [0.5, 0.6) is 0 Å². The average Bonchev–Trinajstić information content (AvgIpc) is 2.80. The molecule has 1 heterocycles. The number of rotatable bonds is 5. The molecule has 0 unspecified atom stereocenters. The summed E-state index contributed by atoms with van der Waals surface area (Å²) in [4.78, 5) is 11.3. The molecule has 5 nitrogen and oxygen atoms in total. The number of hydrogen-bond acceptors (Lipinski definition) is 4. The first-order valence-corrected chi connectivity index (χ1v) is 8.40. The van der Waals surface area contributed by atoms with Crippen molar-refractivity contribution in [1.29, 1.82) is 0 Å². The monoisotopic (exact) mass is 313 g/mol. The number of fused-ring (bicyclic) bond motifs is 1. The van der Waals surface area contributed by atoms with Gasteiger partial charge in [-0.3, -0.25) is 4.79 Å². The SMILES string of the molecule is CC(C)[C@@H](NS(=O)(=O)c1csc2ccccc12)C(=O)O. The Morgan fingerprint density at radius 3 is 2.55 bits per heavy atom. The maximum atomic E-state index is 12.4. The minimum absolute atomic E-state index is 0.130. The molecule has 2 aromatic rings. The molecule has 7 heteroatoms. The lowest BCUT2D eigenvalue weighted by molar-refractivity contribution is -0.140. The zero-order valence-corrected chi connectivity index (χ0v) is 12.7. The molecule has 1 aromatic heterocycles. The standard InChI is InChI=1S/C13H15NO4S2/c1-8(2)12(13(15)16)14-20(17,18)11-7-19-10-6-4-3-5-9(10)11/h3-8,12,14H,1-2H3,(H,15,16)/t12-/m1/s1. The number of carbonyl (C=O) groups is 1. The van der Waals surface area contributed by atoms with Gasteiger partial charge in [-0.1, -0.05) is 32.0 Å². The Kier molecular flexibility index (Phi) is 4.12. The van der Waals surface area contributed by atoms with E-state index in [2.05, 4.69) is 4.72 Å². The molecule has 0 aliphatic carbocycles. The number of aliphatic carboxylic acids is 1. The maximum absolute atomic E-state index is 12.4. The van der Waals surface area contributed by atoms with Gasteiger partial charge in [-0.05, 0) is 12.0 Å². The van der Waals surface area contributed by atoms with Crippen LogP contribution >= 0.6 is 11.3 Å². The highest BCUT2D eigenvalue weighted by Crippen LogP contribution is 2.29. The Labute approximate surface area is 121 Å². The Balaban J connectivity index is 2.42. The van der Waals surface area contributed by atoms with E-state index in [9.17, 15) is 13.2 Å². The maximum Gasteiger partial charge on any atom is 0.322 e. The molecule has 0 aliphatic rings. The highest BCUT2D eigenvalue weighted by Gasteiger charge is 2.29. The van der Waals surface area contributed by atoms with Crippen molar-refractivity contribution in [3.8, 4) is 0 Å². The molecule has 1 aromatic carbocycles. The summed E-state index contributed by atoms with van der Waals surface area (Å²) in [5, 5.41) is 11.2. The van der Waals surface area contributed by atoms with E-state index < -0.39 is 22.0 Å². The second kappa shape index (κ2) is 5.51. The summed E-state index contributed by atoms with van der Waals surface area (Å²) in [5.74, 6) is -1.52. The topological polar surface area (TPSA) is 83.5 Å². The summed E-state index contributed by atoms with van der Waals surface area (Å²) in [6.45, 7) is 3.32. The fourth-order valence-electron chi connectivity index (χ4n) is 1.86. The number of carboxylic acid groups (broad SMARTS) is 1. The summed E-state index contributed by atoms with van der Waals surface area (Å²) in [7, 11) is -3.85. The molecule has 20 heavy (non-hydrogen) atoms. The molecular weight excluding hydrogens is 298 g/mol. The van der Waals surface area contributed by atoms with Crippen molar-refractivity contribution in [2.75, 3.05) is 0 Å². The van der Waals surface area contributed by atoms with Crippen molar-refractivity contribution < 1.29 is 18.3 Å². The number of carboxylic acids is 1. The van der Waals surface area contributed by atoms with Gasteiger partial charge in [0.05, 0.1) is 0 Å². The van der Waals surface area contributed by atoms with Crippen LogP contribution in [0.4, 0.5) is 0 Å². The first-order chi connectivity index (χ1) is 9.33. The van der Waals surface area contributed by atoms with Crippen molar-refractivity contribution >= 4 is 37.4 Å². The third kappa shape index (κ3) is 2.84. The van der Waals surface area contributed by atoms with E-state index in [1.54, 1.807) is 26.0 Å². The molecule has 108 valence electrons. The number of benzene rings is 1. The second-order valence-electron chi connectivity index (χ2n) is 4.78. The van der Waals surface area contributed by atoms with Crippen LogP contribution < -0.4 is 4.72 Å². The fraction of sp³-hybridized carbons (Fsp3) is 0.308. The van der Waals surface area contributed by atoms with E-state index in [1.807, 2.05) is 12.1 Å². The number of thiophene rings is 1. The lowest BCUT2D eigenvalue weighted by Gasteiger charge is -2.17. The Morgan fingerprint density at radius 1 is 1.30 bits per heavy atom. The molecule has 1 atom stereocenters. The van der Waals surface area contributed by atoms with Gasteiger partial charge >= 0.3 is 5.97 Å². The summed E-state index contributed by atoms with van der Waals surface area (Å²) in [6, 6.07) is 5.99. The summed E-state index contributed by atoms with van der Waals surface area (Å²) in [5.41, 5.74) is 0. The van der Waals surface area contributed by atoms with Crippen LogP contribution in [0.1, 0.15) is 13.8 Å². The molecule has 0 spiro atoms. The predicted molar refractivity (Wildman–Crippen MR) is 78.4 cm³/mol. The predicted octanol–water partition coefficient (Wildman–Crippen LogP) is 2.29. The summed E-state index contributed by atoms with van der Waals surface area (Å²) < 4.78 is 27.8. The van der Waals surface area contributed by atoms with E-state index in [4.69, 9.17) is 5.11 Å².